The zero-order valence-corrected chi connectivity index (χ0v) is 10.4. The van der Waals surface area contributed by atoms with E-state index in [1.165, 1.54) is 0 Å². The Balaban J connectivity index is 2.11. The van der Waals surface area contributed by atoms with Gasteiger partial charge in [0.1, 0.15) is 0 Å². The fourth-order valence-corrected chi connectivity index (χ4v) is 2.87. The maximum absolute atomic E-state index is 5.99. The van der Waals surface area contributed by atoms with E-state index in [2.05, 4.69) is 23.7 Å². The first-order chi connectivity index (χ1) is 7.72. The topological polar surface area (TPSA) is 50.8 Å². The van der Waals surface area contributed by atoms with Crippen LogP contribution in [0.15, 0.2) is 4.99 Å². The molecule has 2 heterocycles. The van der Waals surface area contributed by atoms with Gasteiger partial charge in [-0.1, -0.05) is 13.8 Å². The second kappa shape index (κ2) is 4.62. The molecule has 0 bridgehead atoms. The van der Waals surface area contributed by atoms with Gasteiger partial charge in [0.05, 0.1) is 18.2 Å². The summed E-state index contributed by atoms with van der Waals surface area (Å²) in [6, 6.07) is 0. The highest BCUT2D eigenvalue weighted by Gasteiger charge is 2.45. The van der Waals surface area contributed by atoms with Crippen LogP contribution < -0.4 is 5.73 Å². The molecule has 0 amide bonds. The molecule has 1 saturated heterocycles. The summed E-state index contributed by atoms with van der Waals surface area (Å²) in [6.45, 7) is 7.11. The van der Waals surface area contributed by atoms with E-state index in [9.17, 15) is 0 Å². The second-order valence-corrected chi connectivity index (χ2v) is 4.91. The Labute approximate surface area is 97.9 Å². The molecule has 0 aromatic heterocycles. The van der Waals surface area contributed by atoms with E-state index in [4.69, 9.17) is 10.5 Å². The Kier molecular flexibility index (Phi) is 3.38. The van der Waals surface area contributed by atoms with Crippen molar-refractivity contribution in [3.63, 3.8) is 0 Å². The van der Waals surface area contributed by atoms with Crippen LogP contribution in [-0.2, 0) is 4.74 Å². The largest absolute Gasteiger partial charge is 0.378 e. The zero-order chi connectivity index (χ0) is 11.6. The van der Waals surface area contributed by atoms with Gasteiger partial charge in [-0.25, -0.2) is 0 Å². The smallest absolute Gasteiger partial charge is 0.191 e. The van der Waals surface area contributed by atoms with Crippen LogP contribution in [0.25, 0.3) is 0 Å². The average molecular weight is 225 g/mol. The lowest BCUT2D eigenvalue weighted by Gasteiger charge is -2.44. The number of guanidine groups is 1. The molecule has 2 rings (SSSR count). The van der Waals surface area contributed by atoms with Gasteiger partial charge in [0, 0.05) is 13.2 Å². The molecular weight excluding hydrogens is 202 g/mol. The average Bonchev–Trinajstić information content (AvgIpc) is 2.59. The molecule has 2 aliphatic rings. The highest BCUT2D eigenvalue weighted by atomic mass is 16.5. The SMILES string of the molecule is CCCN1C(N)=NCC12CCOC(CC)C2. The molecule has 2 atom stereocenters. The first kappa shape index (κ1) is 11.7. The summed E-state index contributed by atoms with van der Waals surface area (Å²) in [5.41, 5.74) is 6.16. The number of aliphatic imine (C=N–C) groups is 1. The Bertz CT molecular complexity index is 279. The van der Waals surface area contributed by atoms with Gasteiger partial charge in [0.15, 0.2) is 5.96 Å². The summed E-state index contributed by atoms with van der Waals surface area (Å²) >= 11 is 0. The van der Waals surface area contributed by atoms with Crippen molar-refractivity contribution in [1.29, 1.82) is 0 Å². The van der Waals surface area contributed by atoms with E-state index in [1.807, 2.05) is 0 Å². The zero-order valence-electron chi connectivity index (χ0n) is 10.4. The third kappa shape index (κ3) is 1.90. The van der Waals surface area contributed by atoms with Crippen molar-refractivity contribution in [2.45, 2.75) is 51.2 Å². The number of rotatable bonds is 3. The molecule has 92 valence electrons. The maximum atomic E-state index is 5.99. The van der Waals surface area contributed by atoms with Gasteiger partial charge in [0.25, 0.3) is 0 Å². The molecule has 2 aliphatic heterocycles. The Morgan fingerprint density at radius 2 is 2.38 bits per heavy atom. The van der Waals surface area contributed by atoms with Crippen molar-refractivity contribution in [2.24, 2.45) is 10.7 Å². The second-order valence-electron chi connectivity index (χ2n) is 4.91. The molecule has 0 saturated carbocycles. The molecule has 16 heavy (non-hydrogen) atoms. The predicted octanol–water partition coefficient (Wildman–Crippen LogP) is 1.35. The summed E-state index contributed by atoms with van der Waals surface area (Å²) in [7, 11) is 0. The van der Waals surface area contributed by atoms with Crippen LogP contribution in [0.2, 0.25) is 0 Å². The van der Waals surface area contributed by atoms with Crippen molar-refractivity contribution in [3.8, 4) is 0 Å². The van der Waals surface area contributed by atoms with Gasteiger partial charge in [0.2, 0.25) is 0 Å². The molecular formula is C12H23N3O. The minimum Gasteiger partial charge on any atom is -0.378 e. The van der Waals surface area contributed by atoms with Gasteiger partial charge >= 0.3 is 0 Å². The fraction of sp³-hybridized carbons (Fsp3) is 0.917. The third-order valence-electron chi connectivity index (χ3n) is 3.82. The lowest BCUT2D eigenvalue weighted by molar-refractivity contribution is -0.0484. The van der Waals surface area contributed by atoms with Crippen molar-refractivity contribution in [3.05, 3.63) is 0 Å². The first-order valence-corrected chi connectivity index (χ1v) is 6.41. The number of hydrogen-bond acceptors (Lipinski definition) is 4. The van der Waals surface area contributed by atoms with Gasteiger partial charge in [-0.15, -0.1) is 0 Å². The fourth-order valence-electron chi connectivity index (χ4n) is 2.87. The van der Waals surface area contributed by atoms with Crippen molar-refractivity contribution in [1.82, 2.24) is 4.90 Å². The normalized spacial score (nSPS) is 34.5. The minimum absolute atomic E-state index is 0.166. The quantitative estimate of drug-likeness (QED) is 0.789. The highest BCUT2D eigenvalue weighted by molar-refractivity contribution is 5.81. The Morgan fingerprint density at radius 1 is 1.56 bits per heavy atom. The van der Waals surface area contributed by atoms with Crippen LogP contribution >= 0.6 is 0 Å². The molecule has 2 N–H and O–H groups in total. The maximum Gasteiger partial charge on any atom is 0.191 e. The van der Waals surface area contributed by atoms with Crippen molar-refractivity contribution in [2.75, 3.05) is 19.7 Å². The van der Waals surface area contributed by atoms with Crippen molar-refractivity contribution < 1.29 is 4.74 Å². The summed E-state index contributed by atoms with van der Waals surface area (Å²) in [6.07, 6.45) is 4.73. The summed E-state index contributed by atoms with van der Waals surface area (Å²) in [4.78, 5) is 6.76. The van der Waals surface area contributed by atoms with E-state index in [0.717, 1.165) is 51.3 Å². The highest BCUT2D eigenvalue weighted by Crippen LogP contribution is 2.35. The van der Waals surface area contributed by atoms with Gasteiger partial charge < -0.3 is 15.4 Å². The first-order valence-electron chi connectivity index (χ1n) is 6.41. The molecule has 0 radical (unpaired) electrons. The summed E-state index contributed by atoms with van der Waals surface area (Å²) in [5.74, 6) is 0.735. The van der Waals surface area contributed by atoms with Crippen LogP contribution in [0.5, 0.6) is 0 Å². The molecule has 2 unspecified atom stereocenters. The molecule has 0 aromatic carbocycles. The molecule has 4 heteroatoms. The number of nitrogens with zero attached hydrogens (tertiary/aromatic N) is 2. The predicted molar refractivity (Wildman–Crippen MR) is 65.5 cm³/mol. The number of ether oxygens (including phenoxy) is 1. The van der Waals surface area contributed by atoms with Crippen LogP contribution in [0.4, 0.5) is 0 Å². The monoisotopic (exact) mass is 225 g/mol. The van der Waals surface area contributed by atoms with Crippen LogP contribution in [0.3, 0.4) is 0 Å². The van der Waals surface area contributed by atoms with Gasteiger partial charge in [-0.05, 0) is 25.7 Å². The summed E-state index contributed by atoms with van der Waals surface area (Å²) < 4.78 is 5.76. The van der Waals surface area contributed by atoms with E-state index < -0.39 is 0 Å². The third-order valence-corrected chi connectivity index (χ3v) is 3.82. The number of hydrogen-bond donors (Lipinski definition) is 1. The van der Waals surface area contributed by atoms with E-state index in [-0.39, 0.29) is 5.54 Å². The van der Waals surface area contributed by atoms with Crippen LogP contribution in [0.1, 0.15) is 39.5 Å². The van der Waals surface area contributed by atoms with Gasteiger partial charge in [-0.2, -0.15) is 0 Å². The minimum atomic E-state index is 0.166. The Hall–Kier alpha value is -0.770. The van der Waals surface area contributed by atoms with Crippen LogP contribution in [0, 0.1) is 0 Å². The molecule has 4 nitrogen and oxygen atoms in total. The van der Waals surface area contributed by atoms with Gasteiger partial charge in [-0.3, -0.25) is 4.99 Å². The molecule has 1 spiro atoms. The van der Waals surface area contributed by atoms with E-state index in [1.54, 1.807) is 0 Å². The lowest BCUT2D eigenvalue weighted by Crippen LogP contribution is -2.56. The molecule has 1 fully saturated rings. The number of nitrogens with two attached hydrogens (primary N) is 1. The van der Waals surface area contributed by atoms with Crippen LogP contribution in [-0.4, -0.2) is 42.2 Å². The Morgan fingerprint density at radius 3 is 3.06 bits per heavy atom. The van der Waals surface area contributed by atoms with Crippen molar-refractivity contribution >= 4 is 5.96 Å². The lowest BCUT2D eigenvalue weighted by atomic mass is 9.85. The standard InChI is InChI=1S/C12H23N3O/c1-3-6-15-11(13)14-9-12(15)5-7-16-10(4-2)8-12/h10H,3-9H2,1-2H3,(H2,13,14). The van der Waals surface area contributed by atoms with E-state index >= 15 is 0 Å². The molecule has 0 aromatic rings. The summed E-state index contributed by atoms with van der Waals surface area (Å²) in [5, 5.41) is 0. The molecule has 0 aliphatic carbocycles. The van der Waals surface area contributed by atoms with E-state index in [0.29, 0.717) is 6.10 Å².